The van der Waals surface area contributed by atoms with E-state index >= 15 is 0 Å². The fourth-order valence-electron chi connectivity index (χ4n) is 0.966. The van der Waals surface area contributed by atoms with Crippen LogP contribution in [0.2, 0.25) is 0 Å². The lowest BCUT2D eigenvalue weighted by atomic mass is 10.3. The van der Waals surface area contributed by atoms with Crippen LogP contribution >= 0.6 is 0 Å². The van der Waals surface area contributed by atoms with Crippen LogP contribution in [0.15, 0.2) is 24.3 Å². The van der Waals surface area contributed by atoms with E-state index in [0.717, 1.165) is 0 Å². The maximum Gasteiger partial charge on any atom is 0.303 e. The van der Waals surface area contributed by atoms with E-state index in [0.29, 0.717) is 5.69 Å². The van der Waals surface area contributed by atoms with Crippen LogP contribution < -0.4 is 4.31 Å². The van der Waals surface area contributed by atoms with Gasteiger partial charge in [-0.25, -0.2) is 0 Å². The molecule has 0 bridgehead atoms. The summed E-state index contributed by atoms with van der Waals surface area (Å²) in [7, 11) is 1.14. The van der Waals surface area contributed by atoms with E-state index < -0.39 is 10.2 Å². The summed E-state index contributed by atoms with van der Waals surface area (Å²) in [5, 5.41) is 0. The predicted octanol–water partition coefficient (Wildman–Crippen LogP) is 0.729. The highest BCUT2D eigenvalue weighted by Crippen LogP contribution is 2.15. The molecule has 4 nitrogen and oxygen atoms in total. The highest BCUT2D eigenvalue weighted by Gasteiger charge is 2.20. The van der Waals surface area contributed by atoms with E-state index in [9.17, 15) is 8.42 Å². The summed E-state index contributed by atoms with van der Waals surface area (Å²) in [4.78, 5) is 0. The van der Waals surface area contributed by atoms with Crippen molar-refractivity contribution in [3.05, 3.63) is 30.3 Å². The molecule has 0 aliphatic rings. The van der Waals surface area contributed by atoms with Crippen molar-refractivity contribution in [1.29, 1.82) is 0 Å². The second-order valence-corrected chi connectivity index (χ2v) is 5.19. The molecule has 1 rings (SSSR count). The first-order valence-corrected chi connectivity index (χ1v) is 5.48. The Morgan fingerprint density at radius 1 is 1.14 bits per heavy atom. The Labute approximate surface area is 84.9 Å². The smallest absolute Gasteiger partial charge is 0.261 e. The van der Waals surface area contributed by atoms with E-state index in [-0.39, 0.29) is 0 Å². The van der Waals surface area contributed by atoms with Gasteiger partial charge < -0.3 is 0 Å². The largest absolute Gasteiger partial charge is 0.303 e. The summed E-state index contributed by atoms with van der Waals surface area (Å²) in [6, 6.07) is 9.58. The van der Waals surface area contributed by atoms with Gasteiger partial charge in [-0.15, -0.1) is 0 Å². The topological polar surface area (TPSA) is 40.6 Å². The van der Waals surface area contributed by atoms with Gasteiger partial charge in [-0.2, -0.15) is 12.7 Å². The summed E-state index contributed by atoms with van der Waals surface area (Å²) in [5.41, 5.74) is 0.623. The normalized spacial score (nSPS) is 11.7. The molecule has 0 unspecified atom stereocenters. The average Bonchev–Trinajstić information content (AvgIpc) is 2.17. The third kappa shape index (κ3) is 2.05. The van der Waals surface area contributed by atoms with Gasteiger partial charge in [-0.05, 0) is 18.2 Å². The van der Waals surface area contributed by atoms with Crippen molar-refractivity contribution in [2.75, 3.05) is 25.4 Å². The standard InChI is InChI=1S/C9H13N2O2S/c1-10(2)14(12,13)11(3)9-7-5-4-6-8-9/h5-8H,1-3H3. The molecule has 77 valence electrons. The number of rotatable bonds is 3. The molecule has 0 N–H and O–H groups in total. The van der Waals surface area contributed by atoms with E-state index in [2.05, 4.69) is 6.07 Å². The van der Waals surface area contributed by atoms with Gasteiger partial charge in [0.05, 0.1) is 5.69 Å². The Kier molecular flexibility index (Phi) is 3.13. The van der Waals surface area contributed by atoms with Crippen LogP contribution in [0.1, 0.15) is 0 Å². The predicted molar refractivity (Wildman–Crippen MR) is 56.3 cm³/mol. The van der Waals surface area contributed by atoms with Crippen LogP contribution in [0.25, 0.3) is 0 Å². The summed E-state index contributed by atoms with van der Waals surface area (Å²) in [5.74, 6) is 0. The molecule has 1 radical (unpaired) electrons. The molecule has 1 aromatic rings. The van der Waals surface area contributed by atoms with Gasteiger partial charge in [0, 0.05) is 21.1 Å². The van der Waals surface area contributed by atoms with Gasteiger partial charge in [0.25, 0.3) is 0 Å². The van der Waals surface area contributed by atoms with Crippen LogP contribution in [-0.4, -0.2) is 33.9 Å². The number of hydrogen-bond donors (Lipinski definition) is 0. The van der Waals surface area contributed by atoms with Crippen LogP contribution in [0.4, 0.5) is 5.69 Å². The van der Waals surface area contributed by atoms with Crippen molar-refractivity contribution in [3.8, 4) is 0 Å². The Morgan fingerprint density at radius 2 is 1.64 bits per heavy atom. The van der Waals surface area contributed by atoms with E-state index in [4.69, 9.17) is 0 Å². The summed E-state index contributed by atoms with van der Waals surface area (Å²) >= 11 is 0. The van der Waals surface area contributed by atoms with Crippen molar-refractivity contribution in [2.24, 2.45) is 0 Å². The number of anilines is 1. The minimum atomic E-state index is -3.38. The van der Waals surface area contributed by atoms with Crippen molar-refractivity contribution < 1.29 is 8.42 Å². The Morgan fingerprint density at radius 3 is 2.07 bits per heavy atom. The summed E-state index contributed by atoms with van der Waals surface area (Å²) in [6.45, 7) is 0. The molecule has 0 fully saturated rings. The molecular weight excluding hydrogens is 200 g/mol. The lowest BCUT2D eigenvalue weighted by molar-refractivity contribution is 0.519. The zero-order chi connectivity index (χ0) is 10.8. The first-order valence-electron chi connectivity index (χ1n) is 4.09. The monoisotopic (exact) mass is 213 g/mol. The fourth-order valence-corrected chi connectivity index (χ4v) is 1.84. The quantitative estimate of drug-likeness (QED) is 0.742. The van der Waals surface area contributed by atoms with Crippen molar-refractivity contribution in [1.82, 2.24) is 4.31 Å². The van der Waals surface area contributed by atoms with Crippen LogP contribution in [0, 0.1) is 6.07 Å². The molecular formula is C9H13N2O2S. The van der Waals surface area contributed by atoms with Gasteiger partial charge in [0.2, 0.25) is 0 Å². The third-order valence-electron chi connectivity index (χ3n) is 1.87. The van der Waals surface area contributed by atoms with E-state index in [1.54, 1.807) is 24.3 Å². The zero-order valence-corrected chi connectivity index (χ0v) is 9.25. The Balaban J connectivity index is 3.03. The third-order valence-corrected chi connectivity index (χ3v) is 3.70. The molecule has 1 aromatic carbocycles. The van der Waals surface area contributed by atoms with Crippen LogP contribution in [-0.2, 0) is 10.2 Å². The van der Waals surface area contributed by atoms with Crippen LogP contribution in [0.3, 0.4) is 0 Å². The highest BCUT2D eigenvalue weighted by molar-refractivity contribution is 7.90. The molecule has 0 aliphatic heterocycles. The first kappa shape index (κ1) is 11.0. The van der Waals surface area contributed by atoms with Crippen molar-refractivity contribution in [2.45, 2.75) is 0 Å². The molecule has 0 amide bonds. The molecule has 0 atom stereocenters. The molecule has 0 spiro atoms. The maximum absolute atomic E-state index is 11.7. The SMILES string of the molecule is CN(C)S(=O)(=O)N(C)c1cc[c]cc1. The van der Waals surface area contributed by atoms with Crippen LogP contribution in [0.5, 0.6) is 0 Å². The summed E-state index contributed by atoms with van der Waals surface area (Å²) < 4.78 is 25.7. The molecule has 0 saturated carbocycles. The number of hydrogen-bond acceptors (Lipinski definition) is 2. The molecule has 0 aliphatic carbocycles. The highest BCUT2D eigenvalue weighted by atomic mass is 32.2. The number of nitrogens with zero attached hydrogens (tertiary/aromatic N) is 2. The van der Waals surface area contributed by atoms with E-state index in [1.165, 1.54) is 29.8 Å². The van der Waals surface area contributed by atoms with Gasteiger partial charge in [0.15, 0.2) is 0 Å². The molecule has 0 aromatic heterocycles. The van der Waals surface area contributed by atoms with Gasteiger partial charge in [0.1, 0.15) is 0 Å². The maximum atomic E-state index is 11.7. The lowest BCUT2D eigenvalue weighted by Gasteiger charge is -2.22. The molecule has 14 heavy (non-hydrogen) atoms. The van der Waals surface area contributed by atoms with Crippen molar-refractivity contribution >= 4 is 15.9 Å². The zero-order valence-electron chi connectivity index (χ0n) is 8.43. The number of benzene rings is 1. The van der Waals surface area contributed by atoms with Crippen molar-refractivity contribution in [3.63, 3.8) is 0 Å². The first-order chi connectivity index (χ1) is 6.46. The van der Waals surface area contributed by atoms with Gasteiger partial charge >= 0.3 is 10.2 Å². The minimum absolute atomic E-state index is 0.623. The van der Waals surface area contributed by atoms with Gasteiger partial charge in [-0.1, -0.05) is 12.1 Å². The second-order valence-electron chi connectivity index (χ2n) is 3.02. The Bertz CT molecular complexity index is 387. The summed E-state index contributed by atoms with van der Waals surface area (Å²) in [6.07, 6.45) is 0. The second kappa shape index (κ2) is 3.98. The van der Waals surface area contributed by atoms with E-state index in [1.807, 2.05) is 0 Å². The average molecular weight is 213 g/mol. The molecule has 0 heterocycles. The fraction of sp³-hybridized carbons (Fsp3) is 0.333. The minimum Gasteiger partial charge on any atom is -0.261 e. The van der Waals surface area contributed by atoms with Gasteiger partial charge in [-0.3, -0.25) is 4.31 Å². The molecule has 5 heteroatoms. The Hall–Kier alpha value is -1.07. The molecule has 0 saturated heterocycles. The lowest BCUT2D eigenvalue weighted by Crippen LogP contribution is -2.37.